The molecule has 100 valence electrons. The zero-order valence-corrected chi connectivity index (χ0v) is 12.4. The number of nitrogens with two attached hydrogens (primary N) is 1. The Morgan fingerprint density at radius 2 is 1.84 bits per heavy atom. The van der Waals surface area contributed by atoms with Gasteiger partial charge in [0.15, 0.2) is 0 Å². The average molecular weight is 343 g/mol. The minimum absolute atomic E-state index is 0.413. The third-order valence-electron chi connectivity index (χ3n) is 2.36. The average Bonchev–Trinajstić information content (AvgIpc) is 2.37. The van der Waals surface area contributed by atoms with Crippen LogP contribution in [0.2, 0.25) is 5.02 Å². The largest absolute Gasteiger partial charge is 0.490 e. The van der Waals surface area contributed by atoms with Crippen LogP contribution in [0.15, 0.2) is 46.9 Å². The Labute approximate surface area is 125 Å². The van der Waals surface area contributed by atoms with E-state index in [1.807, 2.05) is 24.3 Å². The van der Waals surface area contributed by atoms with Crippen molar-refractivity contribution in [3.8, 4) is 11.5 Å². The van der Waals surface area contributed by atoms with Gasteiger partial charge in [0.1, 0.15) is 24.7 Å². The highest BCUT2D eigenvalue weighted by Gasteiger charge is 2.02. The molecule has 19 heavy (non-hydrogen) atoms. The molecule has 0 unspecified atom stereocenters. The lowest BCUT2D eigenvalue weighted by Crippen LogP contribution is -2.09. The Hall–Kier alpha value is -1.39. The van der Waals surface area contributed by atoms with Crippen LogP contribution in [0.3, 0.4) is 0 Å². The zero-order valence-electron chi connectivity index (χ0n) is 10.1. The van der Waals surface area contributed by atoms with Crippen molar-refractivity contribution in [2.24, 2.45) is 0 Å². The lowest BCUT2D eigenvalue weighted by molar-refractivity contribution is 0.217. The van der Waals surface area contributed by atoms with Crippen LogP contribution in [0.4, 0.5) is 5.69 Å². The summed E-state index contributed by atoms with van der Waals surface area (Å²) in [5, 5.41) is 0.502. The molecule has 0 saturated heterocycles. The van der Waals surface area contributed by atoms with E-state index in [0.717, 1.165) is 10.2 Å². The SMILES string of the molecule is Nc1ccc(OCCOc2cccc(Br)c2)c(Cl)c1. The molecule has 5 heteroatoms. The van der Waals surface area contributed by atoms with Crippen molar-refractivity contribution in [2.45, 2.75) is 0 Å². The summed E-state index contributed by atoms with van der Waals surface area (Å²) in [6, 6.07) is 12.8. The molecule has 2 rings (SSSR count). The van der Waals surface area contributed by atoms with E-state index in [-0.39, 0.29) is 0 Å². The Morgan fingerprint density at radius 3 is 2.58 bits per heavy atom. The summed E-state index contributed by atoms with van der Waals surface area (Å²) in [6.07, 6.45) is 0. The van der Waals surface area contributed by atoms with Crippen LogP contribution in [0, 0.1) is 0 Å². The first-order valence-corrected chi connectivity index (χ1v) is 6.88. The molecule has 0 fully saturated rings. The summed E-state index contributed by atoms with van der Waals surface area (Å²) in [7, 11) is 0. The lowest BCUT2D eigenvalue weighted by Gasteiger charge is -2.10. The molecule has 2 N–H and O–H groups in total. The second kappa shape index (κ2) is 6.68. The number of ether oxygens (including phenoxy) is 2. The molecule has 0 atom stereocenters. The van der Waals surface area contributed by atoms with Crippen molar-refractivity contribution in [1.29, 1.82) is 0 Å². The molecule has 0 amide bonds. The van der Waals surface area contributed by atoms with Gasteiger partial charge in [-0.05, 0) is 36.4 Å². The van der Waals surface area contributed by atoms with Gasteiger partial charge >= 0.3 is 0 Å². The molecule has 0 bridgehead atoms. The molecule has 0 heterocycles. The maximum absolute atomic E-state index is 5.99. The first-order valence-electron chi connectivity index (χ1n) is 5.71. The van der Waals surface area contributed by atoms with Gasteiger partial charge in [-0.1, -0.05) is 33.6 Å². The topological polar surface area (TPSA) is 44.5 Å². The van der Waals surface area contributed by atoms with Gasteiger partial charge in [-0.15, -0.1) is 0 Å². The maximum Gasteiger partial charge on any atom is 0.138 e. The highest BCUT2D eigenvalue weighted by Crippen LogP contribution is 2.26. The third kappa shape index (κ3) is 4.33. The minimum atomic E-state index is 0.413. The number of hydrogen-bond donors (Lipinski definition) is 1. The van der Waals surface area contributed by atoms with Crippen molar-refractivity contribution in [1.82, 2.24) is 0 Å². The molecule has 0 aromatic heterocycles. The summed E-state index contributed by atoms with van der Waals surface area (Å²) in [5.41, 5.74) is 6.22. The van der Waals surface area contributed by atoms with Crippen LogP contribution >= 0.6 is 27.5 Å². The van der Waals surface area contributed by atoms with E-state index in [0.29, 0.717) is 29.7 Å². The first-order chi connectivity index (χ1) is 9.15. The summed E-state index contributed by atoms with van der Waals surface area (Å²) < 4.78 is 12.0. The fraction of sp³-hybridized carbons (Fsp3) is 0.143. The van der Waals surface area contributed by atoms with E-state index >= 15 is 0 Å². The molecule has 0 spiro atoms. The van der Waals surface area contributed by atoms with Crippen LogP contribution < -0.4 is 15.2 Å². The monoisotopic (exact) mass is 341 g/mol. The second-order valence-corrected chi connectivity index (χ2v) is 5.17. The van der Waals surface area contributed by atoms with Gasteiger partial charge in [-0.3, -0.25) is 0 Å². The first kappa shape index (κ1) is 14.0. The molecular weight excluding hydrogens is 330 g/mol. The molecule has 0 aliphatic heterocycles. The summed E-state index contributed by atoms with van der Waals surface area (Å²) in [6.45, 7) is 0.854. The summed E-state index contributed by atoms with van der Waals surface area (Å²) in [5.74, 6) is 1.40. The number of halogens is 2. The van der Waals surface area contributed by atoms with Crippen molar-refractivity contribution >= 4 is 33.2 Å². The standard InChI is InChI=1S/C14H13BrClNO2/c15-10-2-1-3-12(8-10)18-6-7-19-14-5-4-11(17)9-13(14)16/h1-5,8-9H,6-7,17H2. The van der Waals surface area contributed by atoms with Crippen molar-refractivity contribution in [3.63, 3.8) is 0 Å². The Kier molecular flexibility index (Phi) is 4.93. The van der Waals surface area contributed by atoms with Crippen LogP contribution in [-0.2, 0) is 0 Å². The van der Waals surface area contributed by atoms with Crippen LogP contribution in [0.1, 0.15) is 0 Å². The third-order valence-corrected chi connectivity index (χ3v) is 3.15. The van der Waals surface area contributed by atoms with E-state index in [4.69, 9.17) is 26.8 Å². The zero-order chi connectivity index (χ0) is 13.7. The Balaban J connectivity index is 1.81. The van der Waals surface area contributed by atoms with Crippen molar-refractivity contribution in [2.75, 3.05) is 18.9 Å². The van der Waals surface area contributed by atoms with Crippen LogP contribution in [0.5, 0.6) is 11.5 Å². The fourth-order valence-electron chi connectivity index (χ4n) is 1.50. The van der Waals surface area contributed by atoms with Gasteiger partial charge in [0, 0.05) is 10.2 Å². The van der Waals surface area contributed by atoms with Crippen molar-refractivity contribution in [3.05, 3.63) is 52.0 Å². The number of anilines is 1. The molecule has 0 aliphatic carbocycles. The molecule has 0 saturated carbocycles. The number of benzene rings is 2. The molecule has 0 aliphatic rings. The molecular formula is C14H13BrClNO2. The summed E-state index contributed by atoms with van der Waals surface area (Å²) in [4.78, 5) is 0. The van der Waals surface area contributed by atoms with Gasteiger partial charge in [0.05, 0.1) is 5.02 Å². The van der Waals surface area contributed by atoms with Gasteiger partial charge in [-0.2, -0.15) is 0 Å². The highest BCUT2D eigenvalue weighted by molar-refractivity contribution is 9.10. The second-order valence-electron chi connectivity index (χ2n) is 3.84. The lowest BCUT2D eigenvalue weighted by atomic mass is 10.3. The molecule has 3 nitrogen and oxygen atoms in total. The minimum Gasteiger partial charge on any atom is -0.490 e. The normalized spacial score (nSPS) is 10.2. The fourth-order valence-corrected chi connectivity index (χ4v) is 2.12. The number of rotatable bonds is 5. The highest BCUT2D eigenvalue weighted by atomic mass is 79.9. The van der Waals surface area contributed by atoms with Gasteiger partial charge < -0.3 is 15.2 Å². The van der Waals surface area contributed by atoms with Gasteiger partial charge in [-0.25, -0.2) is 0 Å². The molecule has 2 aromatic carbocycles. The van der Waals surface area contributed by atoms with E-state index in [9.17, 15) is 0 Å². The smallest absolute Gasteiger partial charge is 0.138 e. The predicted octanol–water partition coefficient (Wildman–Crippen LogP) is 4.14. The maximum atomic E-state index is 5.99. The van der Waals surface area contributed by atoms with Crippen LogP contribution in [0.25, 0.3) is 0 Å². The Morgan fingerprint density at radius 1 is 1.05 bits per heavy atom. The molecule has 2 aromatic rings. The van der Waals surface area contributed by atoms with Gasteiger partial charge in [0.2, 0.25) is 0 Å². The van der Waals surface area contributed by atoms with E-state index in [1.165, 1.54) is 0 Å². The van der Waals surface area contributed by atoms with E-state index < -0.39 is 0 Å². The van der Waals surface area contributed by atoms with E-state index in [2.05, 4.69) is 15.9 Å². The molecule has 0 radical (unpaired) electrons. The number of nitrogen functional groups attached to an aromatic ring is 1. The van der Waals surface area contributed by atoms with Gasteiger partial charge in [0.25, 0.3) is 0 Å². The van der Waals surface area contributed by atoms with Crippen molar-refractivity contribution < 1.29 is 9.47 Å². The van der Waals surface area contributed by atoms with E-state index in [1.54, 1.807) is 18.2 Å². The van der Waals surface area contributed by atoms with Crippen LogP contribution in [-0.4, -0.2) is 13.2 Å². The summed E-state index contributed by atoms with van der Waals surface area (Å²) >= 11 is 9.38. The Bertz CT molecular complexity index is 563. The number of hydrogen-bond acceptors (Lipinski definition) is 3. The predicted molar refractivity (Wildman–Crippen MR) is 81.0 cm³/mol. The quantitative estimate of drug-likeness (QED) is 0.656.